The molecular weight excluding hydrogens is 364 g/mol. The van der Waals surface area contributed by atoms with Crippen LogP contribution in [-0.4, -0.2) is 52.8 Å². The van der Waals surface area contributed by atoms with Crippen molar-refractivity contribution in [1.29, 1.82) is 0 Å². The van der Waals surface area contributed by atoms with Crippen LogP contribution < -0.4 is 29.6 Å². The Morgan fingerprint density at radius 1 is 0.821 bits per heavy atom. The Morgan fingerprint density at radius 2 is 1.50 bits per heavy atom. The molecule has 150 valence electrons. The summed E-state index contributed by atoms with van der Waals surface area (Å²) in [7, 11) is 4.59. The van der Waals surface area contributed by atoms with Gasteiger partial charge in [-0.15, -0.1) is 0 Å². The van der Waals surface area contributed by atoms with Gasteiger partial charge in [0.1, 0.15) is 18.1 Å². The molecule has 0 unspecified atom stereocenters. The zero-order valence-electron chi connectivity index (χ0n) is 16.1. The van der Waals surface area contributed by atoms with Crippen molar-refractivity contribution in [3.63, 3.8) is 0 Å². The first-order valence-corrected chi connectivity index (χ1v) is 8.61. The lowest BCUT2D eigenvalue weighted by molar-refractivity contribution is -0.120. The van der Waals surface area contributed by atoms with Crippen molar-refractivity contribution in [2.45, 2.75) is 0 Å². The van der Waals surface area contributed by atoms with Gasteiger partial charge in [0.25, 0.3) is 5.91 Å². The Balaban J connectivity index is 1.70. The van der Waals surface area contributed by atoms with Gasteiger partial charge in [-0.3, -0.25) is 9.59 Å². The van der Waals surface area contributed by atoms with Crippen molar-refractivity contribution < 1.29 is 28.5 Å². The number of hydrogen-bond donors (Lipinski definition) is 2. The number of rotatable bonds is 10. The van der Waals surface area contributed by atoms with Gasteiger partial charge in [-0.1, -0.05) is 0 Å². The van der Waals surface area contributed by atoms with Crippen LogP contribution in [0.5, 0.6) is 23.0 Å². The number of methoxy groups -OCH3 is 3. The second kappa shape index (κ2) is 10.7. The van der Waals surface area contributed by atoms with Gasteiger partial charge in [0, 0.05) is 5.56 Å². The maximum Gasteiger partial charge on any atom is 0.251 e. The molecule has 0 atom stereocenters. The molecule has 2 aromatic carbocycles. The van der Waals surface area contributed by atoms with E-state index in [1.54, 1.807) is 49.6 Å². The van der Waals surface area contributed by atoms with Gasteiger partial charge in [-0.25, -0.2) is 0 Å². The van der Waals surface area contributed by atoms with Crippen molar-refractivity contribution in [3.8, 4) is 23.0 Å². The lowest BCUT2D eigenvalue weighted by Crippen LogP contribution is -2.38. The Kier molecular flexibility index (Phi) is 7.95. The summed E-state index contributed by atoms with van der Waals surface area (Å²) in [6.07, 6.45) is 0. The molecule has 8 heteroatoms. The van der Waals surface area contributed by atoms with Crippen molar-refractivity contribution in [1.82, 2.24) is 10.6 Å². The highest BCUT2D eigenvalue weighted by Gasteiger charge is 2.11. The molecule has 2 aromatic rings. The highest BCUT2D eigenvalue weighted by atomic mass is 16.5. The second-order valence-corrected chi connectivity index (χ2v) is 5.63. The monoisotopic (exact) mass is 388 g/mol. The standard InChI is InChI=1S/C20H24N2O6/c1-25-15-5-7-16(8-6-15)28-11-10-21-19(23)13-22-20(24)14-4-9-17(26-2)18(12-14)27-3/h4-9,12H,10-11,13H2,1-3H3,(H,21,23)(H,22,24). The minimum atomic E-state index is -0.384. The predicted octanol–water partition coefficient (Wildman–Crippen LogP) is 1.64. The van der Waals surface area contributed by atoms with Gasteiger partial charge in [0.05, 0.1) is 34.4 Å². The van der Waals surface area contributed by atoms with Crippen LogP contribution in [-0.2, 0) is 4.79 Å². The Labute approximate surface area is 163 Å². The molecule has 2 N–H and O–H groups in total. The van der Waals surface area contributed by atoms with Crippen molar-refractivity contribution >= 4 is 11.8 Å². The van der Waals surface area contributed by atoms with E-state index in [2.05, 4.69) is 10.6 Å². The van der Waals surface area contributed by atoms with E-state index < -0.39 is 0 Å². The van der Waals surface area contributed by atoms with Gasteiger partial charge in [0.2, 0.25) is 5.91 Å². The quantitative estimate of drug-likeness (QED) is 0.601. The van der Waals surface area contributed by atoms with Crippen LogP contribution >= 0.6 is 0 Å². The number of amides is 2. The molecule has 0 aliphatic rings. The Hall–Kier alpha value is -3.42. The zero-order valence-corrected chi connectivity index (χ0v) is 16.1. The number of ether oxygens (including phenoxy) is 4. The topological polar surface area (TPSA) is 95.1 Å². The Bertz CT molecular complexity index is 792. The predicted molar refractivity (Wildman–Crippen MR) is 103 cm³/mol. The maximum atomic E-state index is 12.2. The maximum absolute atomic E-state index is 12.2. The number of nitrogens with one attached hydrogen (secondary N) is 2. The van der Waals surface area contributed by atoms with Crippen LogP contribution in [0, 0.1) is 0 Å². The number of hydrogen-bond acceptors (Lipinski definition) is 6. The van der Waals surface area contributed by atoms with Crippen LogP contribution in [0.3, 0.4) is 0 Å². The van der Waals surface area contributed by atoms with Crippen LogP contribution in [0.25, 0.3) is 0 Å². The third-order valence-corrected chi connectivity index (χ3v) is 3.81. The van der Waals surface area contributed by atoms with Gasteiger partial charge in [-0.05, 0) is 42.5 Å². The fourth-order valence-corrected chi connectivity index (χ4v) is 2.33. The van der Waals surface area contributed by atoms with E-state index in [9.17, 15) is 9.59 Å². The van der Waals surface area contributed by atoms with Gasteiger partial charge in [0.15, 0.2) is 11.5 Å². The molecule has 0 aliphatic heterocycles. The SMILES string of the molecule is COc1ccc(OCCNC(=O)CNC(=O)c2ccc(OC)c(OC)c2)cc1. The molecule has 0 spiro atoms. The smallest absolute Gasteiger partial charge is 0.251 e. The summed E-state index contributed by atoms with van der Waals surface area (Å²) in [5, 5.41) is 5.23. The van der Waals surface area contributed by atoms with E-state index >= 15 is 0 Å². The fourth-order valence-electron chi connectivity index (χ4n) is 2.33. The van der Waals surface area contributed by atoms with E-state index in [0.29, 0.717) is 36.0 Å². The summed E-state index contributed by atoms with van der Waals surface area (Å²) in [5.74, 6) is 1.68. The zero-order chi connectivity index (χ0) is 20.4. The van der Waals surface area contributed by atoms with E-state index in [0.717, 1.165) is 5.75 Å². The van der Waals surface area contributed by atoms with E-state index in [1.165, 1.54) is 14.2 Å². The lowest BCUT2D eigenvalue weighted by atomic mass is 10.2. The molecule has 0 heterocycles. The third kappa shape index (κ3) is 6.08. The van der Waals surface area contributed by atoms with E-state index in [1.807, 2.05) is 0 Å². The molecule has 0 saturated carbocycles. The molecule has 0 radical (unpaired) electrons. The van der Waals surface area contributed by atoms with Crippen LogP contribution in [0.15, 0.2) is 42.5 Å². The normalized spacial score (nSPS) is 9.96. The summed E-state index contributed by atoms with van der Waals surface area (Å²) in [6, 6.07) is 11.9. The summed E-state index contributed by atoms with van der Waals surface area (Å²) in [4.78, 5) is 24.0. The molecule has 0 saturated heterocycles. The minimum Gasteiger partial charge on any atom is -0.497 e. The summed E-state index contributed by atoms with van der Waals surface area (Å²) in [5.41, 5.74) is 0.369. The highest BCUT2D eigenvalue weighted by Crippen LogP contribution is 2.27. The lowest BCUT2D eigenvalue weighted by Gasteiger charge is -2.11. The van der Waals surface area contributed by atoms with E-state index in [-0.39, 0.29) is 18.4 Å². The second-order valence-electron chi connectivity index (χ2n) is 5.63. The molecule has 0 bridgehead atoms. The third-order valence-electron chi connectivity index (χ3n) is 3.81. The molecule has 28 heavy (non-hydrogen) atoms. The van der Waals surface area contributed by atoms with Crippen molar-refractivity contribution in [2.75, 3.05) is 41.0 Å². The van der Waals surface area contributed by atoms with Gasteiger partial charge < -0.3 is 29.6 Å². The van der Waals surface area contributed by atoms with Crippen LogP contribution in [0.4, 0.5) is 0 Å². The molecule has 2 amide bonds. The minimum absolute atomic E-state index is 0.143. The average molecular weight is 388 g/mol. The summed E-state index contributed by atoms with van der Waals surface area (Å²) < 4.78 is 20.9. The molecule has 0 aliphatic carbocycles. The summed E-state index contributed by atoms with van der Waals surface area (Å²) >= 11 is 0. The summed E-state index contributed by atoms with van der Waals surface area (Å²) in [6.45, 7) is 0.481. The molecule has 0 aromatic heterocycles. The van der Waals surface area contributed by atoms with Gasteiger partial charge in [-0.2, -0.15) is 0 Å². The number of carbonyl (C=O) groups excluding carboxylic acids is 2. The molecular formula is C20H24N2O6. The molecule has 2 rings (SSSR count). The molecule has 8 nitrogen and oxygen atoms in total. The Morgan fingerprint density at radius 3 is 2.14 bits per heavy atom. The van der Waals surface area contributed by atoms with E-state index in [4.69, 9.17) is 18.9 Å². The highest BCUT2D eigenvalue weighted by molar-refractivity contribution is 5.97. The number of carbonyl (C=O) groups is 2. The largest absolute Gasteiger partial charge is 0.497 e. The van der Waals surface area contributed by atoms with Crippen molar-refractivity contribution in [2.24, 2.45) is 0 Å². The van der Waals surface area contributed by atoms with Crippen molar-refractivity contribution in [3.05, 3.63) is 48.0 Å². The molecule has 0 fully saturated rings. The first kappa shape index (κ1) is 20.9. The first-order chi connectivity index (χ1) is 13.6. The van der Waals surface area contributed by atoms with Crippen LogP contribution in [0.1, 0.15) is 10.4 Å². The van der Waals surface area contributed by atoms with Gasteiger partial charge >= 0.3 is 0 Å². The number of benzene rings is 2. The first-order valence-electron chi connectivity index (χ1n) is 8.61. The fraction of sp³-hybridized carbons (Fsp3) is 0.300. The van der Waals surface area contributed by atoms with Crippen LogP contribution in [0.2, 0.25) is 0 Å². The average Bonchev–Trinajstić information content (AvgIpc) is 2.74.